The summed E-state index contributed by atoms with van der Waals surface area (Å²) >= 11 is 5.71. The Morgan fingerprint density at radius 3 is 2.59 bits per heavy atom. The maximum absolute atomic E-state index is 13.0. The van der Waals surface area contributed by atoms with Crippen molar-refractivity contribution in [1.29, 1.82) is 0 Å². The highest BCUT2D eigenvalue weighted by atomic mass is 32.1. The minimum Gasteiger partial charge on any atom is -0.352 e. The summed E-state index contributed by atoms with van der Waals surface area (Å²) in [7, 11) is 0. The number of amides is 1. The monoisotopic (exact) mass is 468 g/mol. The van der Waals surface area contributed by atoms with Crippen LogP contribution in [0.2, 0.25) is 0 Å². The highest BCUT2D eigenvalue weighted by molar-refractivity contribution is 7.80. The number of nitrogens with one attached hydrogen (secondary N) is 2. The molecule has 2 N–H and O–H groups in total. The molecule has 34 heavy (non-hydrogen) atoms. The van der Waals surface area contributed by atoms with Crippen molar-refractivity contribution in [2.45, 2.75) is 19.0 Å². The van der Waals surface area contributed by atoms with E-state index in [-0.39, 0.29) is 24.5 Å². The van der Waals surface area contributed by atoms with Gasteiger partial charge in [0.15, 0.2) is 5.11 Å². The molecule has 4 heterocycles. The first-order chi connectivity index (χ1) is 16.6. The molecule has 4 aromatic rings. The molecular weight excluding hydrogens is 444 g/mol. The second-order valence-electron chi connectivity index (χ2n) is 8.17. The van der Waals surface area contributed by atoms with Gasteiger partial charge in [0.2, 0.25) is 5.91 Å². The molecule has 0 saturated carbocycles. The predicted molar refractivity (Wildman–Crippen MR) is 136 cm³/mol. The second-order valence-corrected chi connectivity index (χ2v) is 8.55. The average Bonchev–Trinajstić information content (AvgIpc) is 3.45. The Morgan fingerprint density at radius 2 is 1.85 bits per heavy atom. The molecule has 0 bridgehead atoms. The van der Waals surface area contributed by atoms with Crippen LogP contribution in [-0.4, -0.2) is 37.0 Å². The van der Waals surface area contributed by atoms with Crippen LogP contribution < -0.4 is 10.6 Å². The molecule has 170 valence electrons. The minimum atomic E-state index is -0.262. The number of thiocarbonyl (C=S) groups is 1. The molecule has 1 amide bonds. The Labute approximate surface area is 203 Å². The number of carbonyl (C=O) groups is 1. The van der Waals surface area contributed by atoms with Crippen molar-refractivity contribution in [2.24, 2.45) is 0 Å². The third kappa shape index (κ3) is 4.40. The van der Waals surface area contributed by atoms with E-state index in [0.29, 0.717) is 5.11 Å². The molecule has 1 fully saturated rings. The van der Waals surface area contributed by atoms with Crippen LogP contribution in [0.3, 0.4) is 0 Å². The van der Waals surface area contributed by atoms with Crippen LogP contribution >= 0.6 is 12.2 Å². The molecule has 1 aliphatic heterocycles. The van der Waals surface area contributed by atoms with Gasteiger partial charge in [0, 0.05) is 30.0 Å². The molecule has 1 saturated heterocycles. The van der Waals surface area contributed by atoms with E-state index in [1.165, 1.54) is 0 Å². The third-order valence-corrected chi connectivity index (χ3v) is 6.15. The Hall–Kier alpha value is -4.04. The van der Waals surface area contributed by atoms with Gasteiger partial charge in [-0.15, -0.1) is 0 Å². The summed E-state index contributed by atoms with van der Waals surface area (Å²) in [5, 5.41) is 6.86. The summed E-state index contributed by atoms with van der Waals surface area (Å²) in [6, 6.07) is 22.8. The number of benzene rings is 1. The van der Waals surface area contributed by atoms with Gasteiger partial charge >= 0.3 is 0 Å². The number of anilines is 1. The summed E-state index contributed by atoms with van der Waals surface area (Å²) in [6.07, 6.45) is 5.59. The van der Waals surface area contributed by atoms with E-state index in [0.717, 1.165) is 28.5 Å². The van der Waals surface area contributed by atoms with Gasteiger partial charge in [-0.3, -0.25) is 9.78 Å². The van der Waals surface area contributed by atoms with E-state index in [1.54, 1.807) is 6.20 Å². The van der Waals surface area contributed by atoms with Crippen molar-refractivity contribution in [2.75, 3.05) is 11.9 Å². The van der Waals surface area contributed by atoms with E-state index in [9.17, 15) is 4.79 Å². The zero-order valence-corrected chi connectivity index (χ0v) is 19.4. The highest BCUT2D eigenvalue weighted by Crippen LogP contribution is 2.39. The lowest BCUT2D eigenvalue weighted by molar-refractivity contribution is -0.116. The van der Waals surface area contributed by atoms with Gasteiger partial charge in [0.05, 0.1) is 17.8 Å². The van der Waals surface area contributed by atoms with Crippen molar-refractivity contribution in [3.05, 3.63) is 108 Å². The molecule has 0 unspecified atom stereocenters. The van der Waals surface area contributed by atoms with Gasteiger partial charge in [0.25, 0.3) is 0 Å². The van der Waals surface area contributed by atoms with Crippen molar-refractivity contribution >= 4 is 28.9 Å². The number of aromatic nitrogens is 3. The van der Waals surface area contributed by atoms with Crippen molar-refractivity contribution in [3.8, 4) is 5.82 Å². The zero-order chi connectivity index (χ0) is 23.5. The number of nitrogens with zero attached hydrogens (tertiary/aromatic N) is 4. The number of aryl methyl sites for hydroxylation is 1. The van der Waals surface area contributed by atoms with Crippen LogP contribution in [0.15, 0.2) is 91.4 Å². The lowest BCUT2D eigenvalue weighted by Crippen LogP contribution is -2.37. The van der Waals surface area contributed by atoms with Crippen LogP contribution in [0, 0.1) is 6.92 Å². The molecule has 5 rings (SSSR count). The van der Waals surface area contributed by atoms with E-state index < -0.39 is 0 Å². The van der Waals surface area contributed by atoms with E-state index in [4.69, 9.17) is 12.2 Å². The standard InChI is InChI=1S/C26H24N6OS/c1-18-12-13-22(28-16-18)31-15-7-11-21(31)25-24(20-10-5-6-14-27-20)30-26(34)32(25)17-23(33)29-19-8-3-2-4-9-19/h2-16,24-25H,17H2,1H3,(H,29,33)(H,30,34)/t24-,25-/m1/s1. The Bertz CT molecular complexity index is 1290. The molecular formula is C26H24N6OS. The summed E-state index contributed by atoms with van der Waals surface area (Å²) in [5.74, 6) is 0.658. The first-order valence-corrected chi connectivity index (χ1v) is 11.4. The maximum Gasteiger partial charge on any atom is 0.244 e. The lowest BCUT2D eigenvalue weighted by Gasteiger charge is -2.28. The maximum atomic E-state index is 13.0. The Morgan fingerprint density at radius 1 is 1.03 bits per heavy atom. The van der Waals surface area contributed by atoms with Crippen molar-refractivity contribution < 1.29 is 4.79 Å². The molecule has 7 nitrogen and oxygen atoms in total. The Balaban J connectivity index is 1.51. The number of carbonyl (C=O) groups excluding carboxylic acids is 1. The van der Waals surface area contributed by atoms with Crippen LogP contribution in [0.25, 0.3) is 5.82 Å². The zero-order valence-electron chi connectivity index (χ0n) is 18.6. The first kappa shape index (κ1) is 21.8. The largest absolute Gasteiger partial charge is 0.352 e. The van der Waals surface area contributed by atoms with Crippen molar-refractivity contribution in [3.63, 3.8) is 0 Å². The molecule has 0 radical (unpaired) electrons. The van der Waals surface area contributed by atoms with Crippen LogP contribution in [0.1, 0.15) is 29.0 Å². The van der Waals surface area contributed by atoms with E-state index in [1.807, 2.05) is 102 Å². The van der Waals surface area contributed by atoms with Gasteiger partial charge in [-0.25, -0.2) is 4.98 Å². The lowest BCUT2D eigenvalue weighted by atomic mass is 10.0. The molecule has 1 aromatic carbocycles. The van der Waals surface area contributed by atoms with Gasteiger partial charge in [-0.1, -0.05) is 30.3 Å². The molecule has 2 atom stereocenters. The smallest absolute Gasteiger partial charge is 0.244 e. The van der Waals surface area contributed by atoms with E-state index >= 15 is 0 Å². The summed E-state index contributed by atoms with van der Waals surface area (Å²) < 4.78 is 2.04. The molecule has 0 spiro atoms. The summed E-state index contributed by atoms with van der Waals surface area (Å²) in [6.45, 7) is 2.11. The number of hydrogen-bond donors (Lipinski definition) is 2. The first-order valence-electron chi connectivity index (χ1n) is 11.0. The minimum absolute atomic E-state index is 0.0984. The topological polar surface area (TPSA) is 75.1 Å². The number of para-hydroxylation sites is 1. The SMILES string of the molecule is Cc1ccc(-n2cccc2[C@@H]2[C@@H](c3ccccn3)NC(=S)N2CC(=O)Nc2ccccc2)nc1. The number of rotatable bonds is 6. The van der Waals surface area contributed by atoms with E-state index in [2.05, 4.69) is 20.6 Å². The Kier molecular flexibility index (Phi) is 6.05. The molecule has 0 aliphatic carbocycles. The van der Waals surface area contributed by atoms with Crippen LogP contribution in [-0.2, 0) is 4.79 Å². The average molecular weight is 469 g/mol. The quantitative estimate of drug-likeness (QED) is 0.414. The normalized spacial score (nSPS) is 17.4. The molecule has 3 aromatic heterocycles. The molecule has 1 aliphatic rings. The van der Waals surface area contributed by atoms with Crippen molar-refractivity contribution in [1.82, 2.24) is 24.8 Å². The summed E-state index contributed by atoms with van der Waals surface area (Å²) in [5.41, 5.74) is 3.65. The fourth-order valence-electron chi connectivity index (χ4n) is 4.22. The summed E-state index contributed by atoms with van der Waals surface area (Å²) in [4.78, 5) is 24.1. The highest BCUT2D eigenvalue weighted by Gasteiger charge is 2.42. The second kappa shape index (κ2) is 9.44. The fourth-order valence-corrected chi connectivity index (χ4v) is 4.53. The third-order valence-electron chi connectivity index (χ3n) is 5.80. The number of hydrogen-bond acceptors (Lipinski definition) is 4. The number of pyridine rings is 2. The van der Waals surface area contributed by atoms with Gasteiger partial charge in [-0.2, -0.15) is 0 Å². The van der Waals surface area contributed by atoms with Crippen LogP contribution in [0.5, 0.6) is 0 Å². The fraction of sp³-hybridized carbons (Fsp3) is 0.154. The predicted octanol–water partition coefficient (Wildman–Crippen LogP) is 4.19. The van der Waals surface area contributed by atoms with Gasteiger partial charge < -0.3 is 20.1 Å². The van der Waals surface area contributed by atoms with Crippen LogP contribution in [0.4, 0.5) is 5.69 Å². The van der Waals surface area contributed by atoms with Gasteiger partial charge in [0.1, 0.15) is 12.4 Å². The van der Waals surface area contributed by atoms with Gasteiger partial charge in [-0.05, 0) is 67.2 Å². The molecule has 8 heteroatoms.